The lowest BCUT2D eigenvalue weighted by molar-refractivity contribution is -0.120. The van der Waals surface area contributed by atoms with Gasteiger partial charge in [0.1, 0.15) is 17.9 Å². The van der Waals surface area contributed by atoms with Gasteiger partial charge in [0, 0.05) is 5.56 Å². The van der Waals surface area contributed by atoms with Gasteiger partial charge >= 0.3 is 0 Å². The van der Waals surface area contributed by atoms with Crippen molar-refractivity contribution in [3.05, 3.63) is 47.7 Å². The largest absolute Gasteiger partial charge is 0.455 e. The lowest BCUT2D eigenvalue weighted by Crippen LogP contribution is -2.15. The normalized spacial score (nSPS) is 10.0. The van der Waals surface area contributed by atoms with Crippen molar-refractivity contribution in [3.63, 3.8) is 0 Å². The Kier molecular flexibility index (Phi) is 4.47. The SMILES string of the molecule is N#CCC(=O)N/N=C\c1ccc(-c2ccc(C#N)cc2)o1. The monoisotopic (exact) mass is 278 g/mol. The number of benzene rings is 1. The maximum Gasteiger partial charge on any atom is 0.254 e. The van der Waals surface area contributed by atoms with Gasteiger partial charge in [-0.2, -0.15) is 15.6 Å². The van der Waals surface area contributed by atoms with Crippen molar-refractivity contribution in [1.29, 1.82) is 10.5 Å². The molecular formula is C15H10N4O2. The van der Waals surface area contributed by atoms with Gasteiger partial charge in [-0.05, 0) is 36.4 Å². The second-order valence-electron chi connectivity index (χ2n) is 4.02. The average Bonchev–Trinajstić information content (AvgIpc) is 2.96. The molecular weight excluding hydrogens is 268 g/mol. The molecule has 6 heteroatoms. The molecule has 1 aromatic heterocycles. The van der Waals surface area contributed by atoms with Crippen molar-refractivity contribution in [2.24, 2.45) is 5.10 Å². The molecule has 1 N–H and O–H groups in total. The van der Waals surface area contributed by atoms with Crippen LogP contribution in [0, 0.1) is 22.7 Å². The van der Waals surface area contributed by atoms with Gasteiger partial charge in [-0.3, -0.25) is 4.79 Å². The molecule has 0 radical (unpaired) electrons. The van der Waals surface area contributed by atoms with Crippen LogP contribution in [0.3, 0.4) is 0 Å². The quantitative estimate of drug-likeness (QED) is 0.683. The van der Waals surface area contributed by atoms with Crippen LogP contribution in [0.25, 0.3) is 11.3 Å². The molecule has 6 nitrogen and oxygen atoms in total. The molecule has 0 saturated heterocycles. The van der Waals surface area contributed by atoms with E-state index in [0.29, 0.717) is 17.1 Å². The van der Waals surface area contributed by atoms with Gasteiger partial charge in [-0.1, -0.05) is 0 Å². The first-order valence-electron chi connectivity index (χ1n) is 6.02. The van der Waals surface area contributed by atoms with Crippen molar-refractivity contribution >= 4 is 12.1 Å². The summed E-state index contributed by atoms with van der Waals surface area (Å²) >= 11 is 0. The summed E-state index contributed by atoms with van der Waals surface area (Å²) in [5, 5.41) is 20.7. The van der Waals surface area contributed by atoms with Crippen LogP contribution in [0.4, 0.5) is 0 Å². The second-order valence-corrected chi connectivity index (χ2v) is 4.02. The van der Waals surface area contributed by atoms with E-state index < -0.39 is 5.91 Å². The number of rotatable bonds is 4. The molecule has 0 unspecified atom stereocenters. The minimum atomic E-state index is -0.479. The Morgan fingerprint density at radius 2 is 2.00 bits per heavy atom. The number of carbonyl (C=O) groups is 1. The number of nitrogens with one attached hydrogen (secondary N) is 1. The van der Waals surface area contributed by atoms with Crippen LogP contribution >= 0.6 is 0 Å². The molecule has 1 heterocycles. The van der Waals surface area contributed by atoms with Crippen molar-refractivity contribution in [1.82, 2.24) is 5.43 Å². The first kappa shape index (κ1) is 14.0. The highest BCUT2D eigenvalue weighted by molar-refractivity contribution is 5.81. The van der Waals surface area contributed by atoms with Crippen LogP contribution in [0.2, 0.25) is 0 Å². The molecule has 1 aromatic carbocycles. The summed E-state index contributed by atoms with van der Waals surface area (Å²) < 4.78 is 5.54. The van der Waals surface area contributed by atoms with E-state index >= 15 is 0 Å². The molecule has 0 aliphatic carbocycles. The summed E-state index contributed by atoms with van der Waals surface area (Å²) in [7, 11) is 0. The summed E-state index contributed by atoms with van der Waals surface area (Å²) in [6.07, 6.45) is 1.11. The summed E-state index contributed by atoms with van der Waals surface area (Å²) in [6.45, 7) is 0. The fourth-order valence-electron chi connectivity index (χ4n) is 1.57. The molecule has 0 atom stereocenters. The molecule has 0 saturated carbocycles. The van der Waals surface area contributed by atoms with E-state index in [0.717, 1.165) is 5.56 Å². The summed E-state index contributed by atoms with van der Waals surface area (Å²) in [6, 6.07) is 14.2. The third-order valence-corrected chi connectivity index (χ3v) is 2.55. The van der Waals surface area contributed by atoms with E-state index in [2.05, 4.69) is 10.5 Å². The standard InChI is InChI=1S/C15H10N4O2/c16-8-7-15(20)19-18-10-13-5-6-14(21-13)12-3-1-11(9-17)2-4-12/h1-6,10H,7H2,(H,19,20)/b18-10-. The van der Waals surface area contributed by atoms with Gasteiger partial charge in [0.25, 0.3) is 5.91 Å². The molecule has 0 bridgehead atoms. The number of carbonyl (C=O) groups excluding carboxylic acids is 1. The molecule has 2 rings (SSSR count). The van der Waals surface area contributed by atoms with Crippen molar-refractivity contribution in [3.8, 4) is 23.5 Å². The Labute approximate surface area is 120 Å². The third kappa shape index (κ3) is 3.79. The maximum atomic E-state index is 11.0. The summed E-state index contributed by atoms with van der Waals surface area (Å²) in [4.78, 5) is 11.0. The van der Waals surface area contributed by atoms with E-state index in [9.17, 15) is 4.79 Å². The van der Waals surface area contributed by atoms with Crippen LogP contribution in [0.5, 0.6) is 0 Å². The van der Waals surface area contributed by atoms with Gasteiger partial charge in [0.2, 0.25) is 0 Å². The van der Waals surface area contributed by atoms with Crippen LogP contribution in [0.1, 0.15) is 17.7 Å². The Hall–Kier alpha value is -3.38. The fraction of sp³-hybridized carbons (Fsp3) is 0.0667. The Balaban J connectivity index is 2.04. The van der Waals surface area contributed by atoms with E-state index in [4.69, 9.17) is 14.9 Å². The minimum absolute atomic E-state index is 0.244. The van der Waals surface area contributed by atoms with Crippen molar-refractivity contribution < 1.29 is 9.21 Å². The number of nitrogens with zero attached hydrogens (tertiary/aromatic N) is 3. The lowest BCUT2D eigenvalue weighted by atomic mass is 10.1. The number of hydrogen-bond acceptors (Lipinski definition) is 5. The summed E-state index contributed by atoms with van der Waals surface area (Å²) in [5.41, 5.74) is 3.62. The summed E-state index contributed by atoms with van der Waals surface area (Å²) in [5.74, 6) is 0.614. The number of nitriles is 2. The first-order valence-corrected chi connectivity index (χ1v) is 6.02. The van der Waals surface area contributed by atoms with Crippen molar-refractivity contribution in [2.45, 2.75) is 6.42 Å². The highest BCUT2D eigenvalue weighted by atomic mass is 16.3. The molecule has 102 valence electrons. The zero-order chi connectivity index (χ0) is 15.1. The predicted molar refractivity (Wildman–Crippen MR) is 74.8 cm³/mol. The molecule has 0 aliphatic heterocycles. The zero-order valence-corrected chi connectivity index (χ0v) is 10.9. The van der Waals surface area contributed by atoms with Gasteiger partial charge in [-0.15, -0.1) is 0 Å². The Morgan fingerprint density at radius 1 is 1.24 bits per heavy atom. The van der Waals surface area contributed by atoms with E-state index in [1.165, 1.54) is 6.21 Å². The first-order chi connectivity index (χ1) is 10.2. The van der Waals surface area contributed by atoms with E-state index in [-0.39, 0.29) is 6.42 Å². The van der Waals surface area contributed by atoms with Crippen molar-refractivity contribution in [2.75, 3.05) is 0 Å². The molecule has 2 aromatic rings. The maximum absolute atomic E-state index is 11.0. The highest BCUT2D eigenvalue weighted by Gasteiger charge is 2.03. The van der Waals surface area contributed by atoms with E-state index in [1.807, 2.05) is 6.07 Å². The van der Waals surface area contributed by atoms with Gasteiger partial charge in [0.15, 0.2) is 0 Å². The van der Waals surface area contributed by atoms with Gasteiger partial charge < -0.3 is 4.42 Å². The molecule has 21 heavy (non-hydrogen) atoms. The topological polar surface area (TPSA) is 102 Å². The van der Waals surface area contributed by atoms with Crippen LogP contribution in [0.15, 0.2) is 45.9 Å². The van der Waals surface area contributed by atoms with Crippen LogP contribution in [-0.4, -0.2) is 12.1 Å². The fourth-order valence-corrected chi connectivity index (χ4v) is 1.57. The Bertz CT molecular complexity index is 745. The van der Waals surface area contributed by atoms with Crippen LogP contribution < -0.4 is 5.43 Å². The predicted octanol–water partition coefficient (Wildman–Crippen LogP) is 2.18. The number of hydrazone groups is 1. The lowest BCUT2D eigenvalue weighted by Gasteiger charge is -1.96. The van der Waals surface area contributed by atoms with Gasteiger partial charge in [-0.25, -0.2) is 5.43 Å². The zero-order valence-electron chi connectivity index (χ0n) is 10.9. The Morgan fingerprint density at radius 3 is 2.67 bits per heavy atom. The van der Waals surface area contributed by atoms with E-state index in [1.54, 1.807) is 42.5 Å². The minimum Gasteiger partial charge on any atom is -0.455 e. The second kappa shape index (κ2) is 6.69. The average molecular weight is 278 g/mol. The third-order valence-electron chi connectivity index (χ3n) is 2.55. The number of furan rings is 1. The number of hydrogen-bond donors (Lipinski definition) is 1. The molecule has 0 fully saturated rings. The highest BCUT2D eigenvalue weighted by Crippen LogP contribution is 2.21. The van der Waals surface area contributed by atoms with Gasteiger partial charge in [0.05, 0.1) is 23.9 Å². The number of amides is 1. The molecule has 0 spiro atoms. The molecule has 1 amide bonds. The molecule has 0 aliphatic rings. The smallest absolute Gasteiger partial charge is 0.254 e. The van der Waals surface area contributed by atoms with Crippen LogP contribution in [-0.2, 0) is 4.79 Å².